The summed E-state index contributed by atoms with van der Waals surface area (Å²) in [4.78, 5) is 31.1. The number of halogens is 3. The van der Waals surface area contributed by atoms with Crippen molar-refractivity contribution in [3.63, 3.8) is 0 Å². The molecule has 2 heterocycles. The van der Waals surface area contributed by atoms with Crippen molar-refractivity contribution in [1.29, 1.82) is 0 Å². The summed E-state index contributed by atoms with van der Waals surface area (Å²) in [7, 11) is 1.57. The molecule has 2 N–H and O–H groups in total. The average Bonchev–Trinajstić information content (AvgIpc) is 3.27. The van der Waals surface area contributed by atoms with Gasteiger partial charge in [0.15, 0.2) is 11.4 Å². The standard InChI is InChI=1S/C29H27BrCl2N4O5/c1-18-28(30)36-13-3-4-24(29(36)34-18)41-17-21-22(31)10-11-23(27(21)32)35(2)26(39)16-33-25(38)12-7-19-5-8-20(9-6-19)40-15-14-37/h3-13,37H,14-17H2,1-2H3,(H,33,38). The molecule has 4 rings (SSSR count). The van der Waals surface area contributed by atoms with Gasteiger partial charge in [0.1, 0.15) is 23.6 Å². The van der Waals surface area contributed by atoms with Crippen LogP contribution < -0.4 is 19.7 Å². The quantitative estimate of drug-likeness (QED) is 0.207. The fourth-order valence-corrected chi connectivity index (χ4v) is 4.83. The van der Waals surface area contributed by atoms with Gasteiger partial charge in [-0.1, -0.05) is 35.3 Å². The van der Waals surface area contributed by atoms with E-state index in [1.54, 1.807) is 55.6 Å². The van der Waals surface area contributed by atoms with Crippen LogP contribution in [0, 0.1) is 6.92 Å². The molecule has 2 amide bonds. The van der Waals surface area contributed by atoms with Gasteiger partial charge in [-0.15, -0.1) is 0 Å². The molecule has 214 valence electrons. The van der Waals surface area contributed by atoms with Gasteiger partial charge in [-0.3, -0.25) is 14.0 Å². The van der Waals surface area contributed by atoms with E-state index >= 15 is 0 Å². The minimum absolute atomic E-state index is 0.0484. The van der Waals surface area contributed by atoms with Gasteiger partial charge in [0, 0.05) is 29.9 Å². The number of fused-ring (bicyclic) bond motifs is 1. The van der Waals surface area contributed by atoms with Crippen molar-refractivity contribution < 1.29 is 24.2 Å². The highest BCUT2D eigenvalue weighted by molar-refractivity contribution is 9.10. The molecule has 0 fully saturated rings. The Bertz CT molecular complexity index is 1590. The highest BCUT2D eigenvalue weighted by Crippen LogP contribution is 2.35. The van der Waals surface area contributed by atoms with Crippen molar-refractivity contribution in [1.82, 2.24) is 14.7 Å². The van der Waals surface area contributed by atoms with Gasteiger partial charge in [0.25, 0.3) is 0 Å². The predicted octanol–water partition coefficient (Wildman–Crippen LogP) is 5.45. The molecule has 12 heteroatoms. The lowest BCUT2D eigenvalue weighted by Gasteiger charge is -2.21. The first-order valence-corrected chi connectivity index (χ1v) is 14.0. The first-order valence-electron chi connectivity index (χ1n) is 12.5. The number of ether oxygens (including phenoxy) is 2. The Hall–Kier alpha value is -3.57. The zero-order chi connectivity index (χ0) is 29.5. The third-order valence-corrected chi connectivity index (χ3v) is 7.80. The summed E-state index contributed by atoms with van der Waals surface area (Å²) in [5.74, 6) is 0.350. The van der Waals surface area contributed by atoms with E-state index in [1.807, 2.05) is 23.6 Å². The molecule has 41 heavy (non-hydrogen) atoms. The van der Waals surface area contributed by atoms with Crippen molar-refractivity contribution >= 4 is 68.4 Å². The molecular weight excluding hydrogens is 635 g/mol. The number of amides is 2. The zero-order valence-electron chi connectivity index (χ0n) is 22.2. The van der Waals surface area contributed by atoms with Crippen LogP contribution in [0.4, 0.5) is 5.69 Å². The van der Waals surface area contributed by atoms with Crippen LogP contribution in [-0.4, -0.2) is 53.1 Å². The normalized spacial score (nSPS) is 11.2. The van der Waals surface area contributed by atoms with Crippen LogP contribution in [0.1, 0.15) is 16.8 Å². The molecule has 0 aliphatic heterocycles. The highest BCUT2D eigenvalue weighted by Gasteiger charge is 2.19. The molecular formula is C29H27BrCl2N4O5. The number of carbonyl (C=O) groups is 2. The first kappa shape index (κ1) is 30.4. The second-order valence-electron chi connectivity index (χ2n) is 8.85. The Morgan fingerprint density at radius 2 is 1.90 bits per heavy atom. The number of benzene rings is 2. The van der Waals surface area contributed by atoms with Crippen LogP contribution in [-0.2, 0) is 16.2 Å². The molecule has 0 aliphatic rings. The Kier molecular flexibility index (Phi) is 10.3. The summed E-state index contributed by atoms with van der Waals surface area (Å²) in [5, 5.41) is 12.1. The molecule has 2 aromatic heterocycles. The summed E-state index contributed by atoms with van der Waals surface area (Å²) < 4.78 is 14.0. The van der Waals surface area contributed by atoms with Crippen molar-refractivity contribution in [2.75, 3.05) is 31.7 Å². The van der Waals surface area contributed by atoms with Crippen molar-refractivity contribution in [3.8, 4) is 11.5 Å². The molecule has 0 radical (unpaired) electrons. The van der Waals surface area contributed by atoms with E-state index in [2.05, 4.69) is 26.2 Å². The van der Waals surface area contributed by atoms with Crippen molar-refractivity contribution in [3.05, 3.63) is 92.3 Å². The van der Waals surface area contributed by atoms with E-state index in [0.29, 0.717) is 33.4 Å². The largest absolute Gasteiger partial charge is 0.491 e. The number of aryl methyl sites for hydroxylation is 1. The summed E-state index contributed by atoms with van der Waals surface area (Å²) >= 11 is 16.6. The predicted molar refractivity (Wildman–Crippen MR) is 163 cm³/mol. The van der Waals surface area contributed by atoms with Gasteiger partial charge in [0.2, 0.25) is 11.8 Å². The second kappa shape index (κ2) is 13.9. The number of nitrogens with zero attached hydrogens (tertiary/aromatic N) is 3. The number of hydrogen-bond donors (Lipinski definition) is 2. The molecule has 9 nitrogen and oxygen atoms in total. The fourth-order valence-electron chi connectivity index (χ4n) is 3.85. The minimum Gasteiger partial charge on any atom is -0.491 e. The second-order valence-corrected chi connectivity index (χ2v) is 10.4. The summed E-state index contributed by atoms with van der Waals surface area (Å²) in [5.41, 5.74) is 3.16. The minimum atomic E-state index is -0.432. The summed E-state index contributed by atoms with van der Waals surface area (Å²) in [6.07, 6.45) is 4.82. The molecule has 0 unspecified atom stereocenters. The average molecular weight is 662 g/mol. The molecule has 4 aromatic rings. The van der Waals surface area contributed by atoms with Gasteiger partial charge in [-0.05, 0) is 70.9 Å². The molecule has 0 atom stereocenters. The number of aromatic nitrogens is 2. The maximum absolute atomic E-state index is 12.9. The van der Waals surface area contributed by atoms with Gasteiger partial charge in [-0.2, -0.15) is 0 Å². The number of likely N-dealkylation sites (N-methyl/N-ethyl adjacent to an activating group) is 1. The highest BCUT2D eigenvalue weighted by atomic mass is 79.9. The summed E-state index contributed by atoms with van der Waals surface area (Å²) in [6, 6.07) is 13.9. The van der Waals surface area contributed by atoms with E-state index in [4.69, 9.17) is 37.8 Å². The van der Waals surface area contributed by atoms with E-state index < -0.39 is 5.91 Å². The van der Waals surface area contributed by atoms with Gasteiger partial charge in [-0.25, -0.2) is 4.98 Å². The summed E-state index contributed by atoms with van der Waals surface area (Å²) in [6.45, 7) is 1.83. The third kappa shape index (κ3) is 7.39. The van der Waals surface area contributed by atoms with E-state index in [1.165, 1.54) is 11.0 Å². The zero-order valence-corrected chi connectivity index (χ0v) is 25.3. The Balaban J connectivity index is 1.37. The number of aliphatic hydroxyl groups excluding tert-OH is 1. The van der Waals surface area contributed by atoms with E-state index in [9.17, 15) is 9.59 Å². The number of carbonyl (C=O) groups excluding carboxylic acids is 2. The lowest BCUT2D eigenvalue weighted by atomic mass is 10.2. The van der Waals surface area contributed by atoms with Crippen LogP contribution >= 0.6 is 39.1 Å². The number of rotatable bonds is 11. The molecule has 0 saturated carbocycles. The van der Waals surface area contributed by atoms with Crippen LogP contribution in [0.25, 0.3) is 11.7 Å². The van der Waals surface area contributed by atoms with Crippen LogP contribution in [0.3, 0.4) is 0 Å². The van der Waals surface area contributed by atoms with Gasteiger partial charge >= 0.3 is 0 Å². The van der Waals surface area contributed by atoms with Crippen LogP contribution in [0.2, 0.25) is 10.0 Å². The number of anilines is 1. The molecule has 0 bridgehead atoms. The first-order chi connectivity index (χ1) is 19.7. The van der Waals surface area contributed by atoms with Gasteiger partial charge < -0.3 is 24.8 Å². The van der Waals surface area contributed by atoms with E-state index in [0.717, 1.165) is 15.9 Å². The lowest BCUT2D eigenvalue weighted by molar-refractivity contribution is -0.122. The maximum atomic E-state index is 12.9. The van der Waals surface area contributed by atoms with Crippen molar-refractivity contribution in [2.24, 2.45) is 0 Å². The number of aliphatic hydroxyl groups is 1. The fraction of sp³-hybridized carbons (Fsp3) is 0.207. The van der Waals surface area contributed by atoms with Crippen LogP contribution in [0.5, 0.6) is 11.5 Å². The number of pyridine rings is 1. The Labute approximate surface area is 255 Å². The van der Waals surface area contributed by atoms with E-state index in [-0.39, 0.29) is 37.3 Å². The molecule has 0 spiro atoms. The number of imidazole rings is 1. The van der Waals surface area contributed by atoms with Crippen molar-refractivity contribution in [2.45, 2.75) is 13.5 Å². The smallest absolute Gasteiger partial charge is 0.246 e. The Morgan fingerprint density at radius 1 is 1.15 bits per heavy atom. The maximum Gasteiger partial charge on any atom is 0.246 e. The Morgan fingerprint density at radius 3 is 2.63 bits per heavy atom. The van der Waals surface area contributed by atoms with Gasteiger partial charge in [0.05, 0.1) is 29.6 Å². The molecule has 0 saturated heterocycles. The lowest BCUT2D eigenvalue weighted by Crippen LogP contribution is -2.37. The molecule has 0 aliphatic carbocycles. The number of hydrogen-bond acceptors (Lipinski definition) is 6. The monoisotopic (exact) mass is 660 g/mol. The number of nitrogens with one attached hydrogen (secondary N) is 1. The topological polar surface area (TPSA) is 105 Å². The third-order valence-electron chi connectivity index (χ3n) is 6.07. The molecule has 2 aromatic carbocycles. The SMILES string of the molecule is Cc1nc2c(OCc3c(Cl)ccc(N(C)C(=O)CNC(=O)C=Cc4ccc(OCCO)cc4)c3Cl)cccn2c1Br. The van der Waals surface area contributed by atoms with Crippen LogP contribution in [0.15, 0.2) is 65.4 Å².